The van der Waals surface area contributed by atoms with Gasteiger partial charge < -0.3 is 4.74 Å². The van der Waals surface area contributed by atoms with Gasteiger partial charge in [0, 0.05) is 0 Å². The Balaban J connectivity index is 2.02. The first-order valence-corrected chi connectivity index (χ1v) is 7.48. The summed E-state index contributed by atoms with van der Waals surface area (Å²) < 4.78 is 6.18. The highest BCUT2D eigenvalue weighted by molar-refractivity contribution is 7.18. The normalized spacial score (nSPS) is 11.2. The number of rotatable bonds is 5. The van der Waals surface area contributed by atoms with Crippen molar-refractivity contribution < 1.29 is 9.53 Å². The average Bonchev–Trinajstić information content (AvgIpc) is 2.84. The van der Waals surface area contributed by atoms with Crippen LogP contribution in [0.25, 0.3) is 6.08 Å². The predicted molar refractivity (Wildman–Crippen MR) is 84.9 cm³/mol. The fourth-order valence-electron chi connectivity index (χ4n) is 1.63. The van der Waals surface area contributed by atoms with E-state index in [1.165, 1.54) is 11.3 Å². The van der Waals surface area contributed by atoms with Crippen molar-refractivity contribution in [2.45, 2.75) is 20.0 Å². The highest BCUT2D eigenvalue weighted by atomic mass is 35.5. The molecule has 0 unspecified atom stereocenters. The monoisotopic (exact) mass is 306 g/mol. The van der Waals surface area contributed by atoms with E-state index >= 15 is 0 Å². The molecule has 0 aliphatic heterocycles. The summed E-state index contributed by atoms with van der Waals surface area (Å²) in [7, 11) is 0. The van der Waals surface area contributed by atoms with Gasteiger partial charge in [0.2, 0.25) is 0 Å². The standard InChI is InChI=1S/C16H15ClO2S/c1-11(2)19-13-6-3-12(4-7-13)5-8-14(18)15-9-10-16(17)20-15/h3-11H,1-2H3/b8-5+. The van der Waals surface area contributed by atoms with E-state index in [2.05, 4.69) is 0 Å². The van der Waals surface area contributed by atoms with E-state index in [0.29, 0.717) is 9.21 Å². The average molecular weight is 307 g/mol. The van der Waals surface area contributed by atoms with Gasteiger partial charge in [0.05, 0.1) is 15.3 Å². The fourth-order valence-corrected chi connectivity index (χ4v) is 2.59. The molecule has 0 saturated heterocycles. The molecule has 0 N–H and O–H groups in total. The molecule has 4 heteroatoms. The third-order valence-corrected chi connectivity index (χ3v) is 3.74. The minimum absolute atomic E-state index is 0.0376. The number of hydrogen-bond acceptors (Lipinski definition) is 3. The molecule has 1 heterocycles. The Hall–Kier alpha value is -1.58. The maximum atomic E-state index is 11.9. The zero-order valence-electron chi connectivity index (χ0n) is 11.3. The number of ether oxygens (including phenoxy) is 1. The summed E-state index contributed by atoms with van der Waals surface area (Å²) in [4.78, 5) is 12.5. The summed E-state index contributed by atoms with van der Waals surface area (Å²) >= 11 is 7.09. The fraction of sp³-hybridized carbons (Fsp3) is 0.188. The van der Waals surface area contributed by atoms with E-state index in [-0.39, 0.29) is 11.9 Å². The second kappa shape index (κ2) is 6.73. The maximum Gasteiger partial charge on any atom is 0.195 e. The molecule has 104 valence electrons. The van der Waals surface area contributed by atoms with Gasteiger partial charge in [-0.2, -0.15) is 0 Å². The van der Waals surface area contributed by atoms with E-state index in [9.17, 15) is 4.79 Å². The number of carbonyl (C=O) groups excluding carboxylic acids is 1. The molecule has 0 aliphatic carbocycles. The Kier molecular flexibility index (Phi) is 4.99. The third kappa shape index (κ3) is 4.22. The molecular weight excluding hydrogens is 292 g/mol. The second-order valence-electron chi connectivity index (χ2n) is 4.54. The molecule has 0 amide bonds. The Morgan fingerprint density at radius 3 is 2.45 bits per heavy atom. The number of carbonyl (C=O) groups is 1. The van der Waals surface area contributed by atoms with Crippen LogP contribution in [0.15, 0.2) is 42.5 Å². The van der Waals surface area contributed by atoms with Gasteiger partial charge in [0.25, 0.3) is 0 Å². The van der Waals surface area contributed by atoms with Crippen LogP contribution >= 0.6 is 22.9 Å². The van der Waals surface area contributed by atoms with Crippen LogP contribution in [-0.4, -0.2) is 11.9 Å². The van der Waals surface area contributed by atoms with Crippen molar-refractivity contribution in [3.8, 4) is 5.75 Å². The lowest BCUT2D eigenvalue weighted by Gasteiger charge is -2.09. The van der Waals surface area contributed by atoms with Gasteiger partial charge in [-0.3, -0.25) is 4.79 Å². The number of hydrogen-bond donors (Lipinski definition) is 0. The molecule has 1 aromatic heterocycles. The van der Waals surface area contributed by atoms with Gasteiger partial charge in [0.1, 0.15) is 5.75 Å². The van der Waals surface area contributed by atoms with Crippen LogP contribution < -0.4 is 4.74 Å². The summed E-state index contributed by atoms with van der Waals surface area (Å²) in [6.07, 6.45) is 3.50. The quantitative estimate of drug-likeness (QED) is 0.568. The lowest BCUT2D eigenvalue weighted by molar-refractivity contribution is 0.105. The second-order valence-corrected chi connectivity index (χ2v) is 6.25. The number of allylic oxidation sites excluding steroid dienone is 1. The Morgan fingerprint density at radius 2 is 1.90 bits per heavy atom. The van der Waals surface area contributed by atoms with Crippen LogP contribution in [0.5, 0.6) is 5.75 Å². The van der Waals surface area contributed by atoms with E-state index in [1.807, 2.05) is 38.1 Å². The highest BCUT2D eigenvalue weighted by Crippen LogP contribution is 2.22. The molecule has 0 fully saturated rings. The minimum atomic E-state index is -0.0376. The molecule has 2 rings (SSSR count). The van der Waals surface area contributed by atoms with Crippen LogP contribution in [-0.2, 0) is 0 Å². The van der Waals surface area contributed by atoms with E-state index < -0.39 is 0 Å². The summed E-state index contributed by atoms with van der Waals surface area (Å²) in [5.74, 6) is 0.790. The summed E-state index contributed by atoms with van der Waals surface area (Å²) in [5.41, 5.74) is 0.956. The third-order valence-electron chi connectivity index (χ3n) is 2.50. The van der Waals surface area contributed by atoms with Crippen molar-refractivity contribution >= 4 is 34.8 Å². The molecule has 0 radical (unpaired) electrons. The van der Waals surface area contributed by atoms with Gasteiger partial charge in [-0.1, -0.05) is 29.8 Å². The van der Waals surface area contributed by atoms with Gasteiger partial charge in [0.15, 0.2) is 5.78 Å². The molecule has 0 atom stereocenters. The summed E-state index contributed by atoms with van der Waals surface area (Å²) in [5, 5.41) is 0. The Morgan fingerprint density at radius 1 is 1.20 bits per heavy atom. The van der Waals surface area contributed by atoms with Gasteiger partial charge in [-0.05, 0) is 49.8 Å². The van der Waals surface area contributed by atoms with Crippen molar-refractivity contribution in [1.82, 2.24) is 0 Å². The van der Waals surface area contributed by atoms with E-state index in [4.69, 9.17) is 16.3 Å². The van der Waals surface area contributed by atoms with Crippen molar-refractivity contribution in [3.63, 3.8) is 0 Å². The molecule has 0 spiro atoms. The number of halogens is 1. The van der Waals surface area contributed by atoms with Crippen molar-refractivity contribution in [2.24, 2.45) is 0 Å². The summed E-state index contributed by atoms with van der Waals surface area (Å²) in [6.45, 7) is 3.97. The first-order chi connectivity index (χ1) is 9.54. The van der Waals surface area contributed by atoms with Crippen LogP contribution in [0.1, 0.15) is 29.1 Å². The van der Waals surface area contributed by atoms with Crippen LogP contribution in [0, 0.1) is 0 Å². The van der Waals surface area contributed by atoms with Gasteiger partial charge >= 0.3 is 0 Å². The van der Waals surface area contributed by atoms with Crippen molar-refractivity contribution in [2.75, 3.05) is 0 Å². The van der Waals surface area contributed by atoms with E-state index in [0.717, 1.165) is 11.3 Å². The van der Waals surface area contributed by atoms with Crippen LogP contribution in [0.4, 0.5) is 0 Å². The Labute approximate surface area is 127 Å². The molecular formula is C16H15ClO2S. The molecule has 0 saturated carbocycles. The first-order valence-electron chi connectivity index (χ1n) is 6.29. The largest absolute Gasteiger partial charge is 0.491 e. The number of ketones is 1. The van der Waals surface area contributed by atoms with Gasteiger partial charge in [-0.25, -0.2) is 0 Å². The number of thiophene rings is 1. The lowest BCUT2D eigenvalue weighted by Crippen LogP contribution is -2.05. The smallest absolute Gasteiger partial charge is 0.195 e. The van der Waals surface area contributed by atoms with Crippen molar-refractivity contribution in [1.29, 1.82) is 0 Å². The molecule has 0 bridgehead atoms. The SMILES string of the molecule is CC(C)Oc1ccc(/C=C/C(=O)c2ccc(Cl)s2)cc1. The molecule has 2 aromatic rings. The first kappa shape index (κ1) is 14.8. The predicted octanol–water partition coefficient (Wildman–Crippen LogP) is 5.08. The highest BCUT2D eigenvalue weighted by Gasteiger charge is 2.04. The zero-order valence-corrected chi connectivity index (χ0v) is 12.9. The topological polar surface area (TPSA) is 26.3 Å². The lowest BCUT2D eigenvalue weighted by atomic mass is 10.2. The number of benzene rings is 1. The van der Waals surface area contributed by atoms with Gasteiger partial charge in [-0.15, -0.1) is 11.3 Å². The maximum absolute atomic E-state index is 11.9. The minimum Gasteiger partial charge on any atom is -0.491 e. The van der Waals surface area contributed by atoms with Crippen molar-refractivity contribution in [3.05, 3.63) is 57.3 Å². The van der Waals surface area contributed by atoms with Crippen LogP contribution in [0.2, 0.25) is 4.34 Å². The zero-order chi connectivity index (χ0) is 14.5. The molecule has 20 heavy (non-hydrogen) atoms. The van der Waals surface area contributed by atoms with Crippen LogP contribution in [0.3, 0.4) is 0 Å². The molecule has 1 aromatic carbocycles. The Bertz CT molecular complexity index is 612. The molecule has 2 nitrogen and oxygen atoms in total. The summed E-state index contributed by atoms with van der Waals surface area (Å²) in [6, 6.07) is 11.1. The van der Waals surface area contributed by atoms with E-state index in [1.54, 1.807) is 24.3 Å². The molecule has 0 aliphatic rings.